The standard InChI is InChI=1S/C6H13F3O2Si.C6H16O3Si/c1-10-12(3,11-2)5-4-6(7,8)9;1-4-7-10(8-5-2)9-6-3/h4-5H2,1-3H3;10H,4-6H2,1-3H3. The van der Waals surface area contributed by atoms with Crippen LogP contribution in [0.5, 0.6) is 0 Å². The molecule has 0 unspecified atom stereocenters. The van der Waals surface area contributed by atoms with Gasteiger partial charge in [0.2, 0.25) is 0 Å². The lowest BCUT2D eigenvalue weighted by atomic mass is 10.5. The van der Waals surface area contributed by atoms with E-state index in [0.717, 1.165) is 0 Å². The van der Waals surface area contributed by atoms with E-state index in [4.69, 9.17) is 22.1 Å². The highest BCUT2D eigenvalue weighted by Gasteiger charge is 2.36. The van der Waals surface area contributed by atoms with Crippen LogP contribution in [-0.2, 0) is 22.1 Å². The lowest BCUT2D eigenvalue weighted by Gasteiger charge is -2.22. The molecule has 10 heteroatoms. The van der Waals surface area contributed by atoms with Gasteiger partial charge in [-0.3, -0.25) is 0 Å². The second kappa shape index (κ2) is 13.5. The van der Waals surface area contributed by atoms with Crippen molar-refractivity contribution in [3.05, 3.63) is 0 Å². The molecule has 0 saturated carbocycles. The molecule has 0 atom stereocenters. The average molecular weight is 367 g/mol. The van der Waals surface area contributed by atoms with Gasteiger partial charge < -0.3 is 22.1 Å². The zero-order valence-corrected chi connectivity index (χ0v) is 16.4. The van der Waals surface area contributed by atoms with E-state index in [2.05, 4.69) is 0 Å². The molecule has 136 valence electrons. The van der Waals surface area contributed by atoms with E-state index in [0.29, 0.717) is 19.8 Å². The van der Waals surface area contributed by atoms with Crippen LogP contribution in [0.4, 0.5) is 13.2 Å². The largest absolute Gasteiger partial charge is 0.484 e. The van der Waals surface area contributed by atoms with E-state index < -0.39 is 30.7 Å². The summed E-state index contributed by atoms with van der Waals surface area (Å²) in [6.45, 7) is 9.47. The molecule has 0 amide bonds. The smallest absolute Gasteiger partial charge is 0.398 e. The molecule has 0 N–H and O–H groups in total. The number of halogens is 3. The summed E-state index contributed by atoms with van der Waals surface area (Å²) >= 11 is 0. The Morgan fingerprint density at radius 2 is 1.23 bits per heavy atom. The molecule has 0 rings (SSSR count). The quantitative estimate of drug-likeness (QED) is 0.556. The molecule has 0 heterocycles. The third-order valence-corrected chi connectivity index (χ3v) is 7.34. The van der Waals surface area contributed by atoms with Gasteiger partial charge in [0.05, 0.1) is 0 Å². The molecule has 0 aliphatic carbocycles. The highest BCUT2D eigenvalue weighted by Crippen LogP contribution is 2.26. The number of hydrogen-bond donors (Lipinski definition) is 0. The number of alkyl halides is 3. The van der Waals surface area contributed by atoms with Crippen molar-refractivity contribution in [2.75, 3.05) is 34.0 Å². The first kappa shape index (κ1) is 24.3. The molecule has 0 spiro atoms. The predicted octanol–water partition coefficient (Wildman–Crippen LogP) is 3.12. The van der Waals surface area contributed by atoms with Crippen molar-refractivity contribution in [1.82, 2.24) is 0 Å². The minimum absolute atomic E-state index is 0.0521. The SMILES string of the molecule is CCO[SiH](OCC)OCC.CO[Si](C)(CCC(F)(F)F)OC. The zero-order chi connectivity index (χ0) is 17.6. The monoisotopic (exact) mass is 366 g/mol. The fourth-order valence-corrected chi connectivity index (χ4v) is 3.63. The van der Waals surface area contributed by atoms with Crippen molar-refractivity contribution in [3.8, 4) is 0 Å². The van der Waals surface area contributed by atoms with Crippen molar-refractivity contribution in [2.45, 2.75) is 46.0 Å². The Labute approximate surface area is 134 Å². The number of hydrogen-bond acceptors (Lipinski definition) is 5. The van der Waals surface area contributed by atoms with Crippen molar-refractivity contribution in [2.24, 2.45) is 0 Å². The highest BCUT2D eigenvalue weighted by atomic mass is 28.4. The van der Waals surface area contributed by atoms with Crippen LogP contribution in [0, 0.1) is 0 Å². The van der Waals surface area contributed by atoms with Gasteiger partial charge in [0, 0.05) is 40.5 Å². The fourth-order valence-electron chi connectivity index (χ4n) is 1.21. The summed E-state index contributed by atoms with van der Waals surface area (Å²) in [5, 5.41) is 0. The van der Waals surface area contributed by atoms with Gasteiger partial charge in [-0.15, -0.1) is 0 Å². The molecule has 0 radical (unpaired) electrons. The minimum atomic E-state index is -4.12. The lowest BCUT2D eigenvalue weighted by molar-refractivity contribution is -0.131. The molecule has 0 aliphatic rings. The third-order valence-electron chi connectivity index (χ3n) is 2.63. The summed E-state index contributed by atoms with van der Waals surface area (Å²) in [6, 6.07) is -0.0521. The maximum Gasteiger partial charge on any atom is 0.484 e. The molecule has 0 saturated heterocycles. The molecule has 0 aromatic carbocycles. The van der Waals surface area contributed by atoms with E-state index in [-0.39, 0.29) is 6.04 Å². The molecular weight excluding hydrogens is 337 g/mol. The van der Waals surface area contributed by atoms with Crippen LogP contribution in [-0.4, -0.2) is 58.3 Å². The van der Waals surface area contributed by atoms with Crippen molar-refractivity contribution < 1.29 is 35.3 Å². The van der Waals surface area contributed by atoms with Crippen LogP contribution in [0.25, 0.3) is 0 Å². The Kier molecular flexibility index (Phi) is 14.9. The van der Waals surface area contributed by atoms with E-state index in [9.17, 15) is 13.2 Å². The molecule has 0 bridgehead atoms. The van der Waals surface area contributed by atoms with Gasteiger partial charge in [0.25, 0.3) is 0 Å². The van der Waals surface area contributed by atoms with E-state index in [1.807, 2.05) is 20.8 Å². The summed E-state index contributed by atoms with van der Waals surface area (Å²) in [5.41, 5.74) is 0. The van der Waals surface area contributed by atoms with Gasteiger partial charge in [0.1, 0.15) is 0 Å². The van der Waals surface area contributed by atoms with Crippen LogP contribution < -0.4 is 0 Å². The van der Waals surface area contributed by atoms with Gasteiger partial charge >= 0.3 is 24.3 Å². The Balaban J connectivity index is 0. The Hall–Kier alpha value is 0.0238. The first-order valence-corrected chi connectivity index (χ1v) is 11.1. The molecule has 0 aliphatic heterocycles. The highest BCUT2D eigenvalue weighted by molar-refractivity contribution is 6.65. The van der Waals surface area contributed by atoms with Crippen LogP contribution in [0.15, 0.2) is 0 Å². The first-order chi connectivity index (χ1) is 10.2. The van der Waals surface area contributed by atoms with Gasteiger partial charge in [-0.05, 0) is 33.4 Å². The molecule has 0 aromatic rings. The van der Waals surface area contributed by atoms with E-state index in [1.54, 1.807) is 6.55 Å². The topological polar surface area (TPSA) is 46.2 Å². The molecule has 0 aromatic heterocycles. The second-order valence-electron chi connectivity index (χ2n) is 4.31. The normalized spacial score (nSPS) is 12.3. The van der Waals surface area contributed by atoms with Gasteiger partial charge in [-0.25, -0.2) is 0 Å². The molecule has 5 nitrogen and oxygen atoms in total. The first-order valence-electron chi connectivity index (χ1n) is 7.19. The lowest BCUT2D eigenvalue weighted by Crippen LogP contribution is -2.37. The minimum Gasteiger partial charge on any atom is -0.398 e. The summed E-state index contributed by atoms with van der Waals surface area (Å²) in [7, 11) is -1.50. The summed E-state index contributed by atoms with van der Waals surface area (Å²) in [4.78, 5) is 0. The van der Waals surface area contributed by atoms with Crippen molar-refractivity contribution in [1.29, 1.82) is 0 Å². The van der Waals surface area contributed by atoms with Crippen LogP contribution in [0.2, 0.25) is 12.6 Å². The van der Waals surface area contributed by atoms with E-state index in [1.165, 1.54) is 14.2 Å². The molecular formula is C12H29F3O5Si2. The van der Waals surface area contributed by atoms with Crippen LogP contribution >= 0.6 is 0 Å². The maximum atomic E-state index is 11.8. The fraction of sp³-hybridized carbons (Fsp3) is 1.00. The van der Waals surface area contributed by atoms with Gasteiger partial charge in [-0.1, -0.05) is 0 Å². The number of rotatable bonds is 10. The van der Waals surface area contributed by atoms with Crippen LogP contribution in [0.3, 0.4) is 0 Å². The van der Waals surface area contributed by atoms with E-state index >= 15 is 0 Å². The third kappa shape index (κ3) is 14.9. The Morgan fingerprint density at radius 1 is 0.864 bits per heavy atom. The van der Waals surface area contributed by atoms with Crippen LogP contribution in [0.1, 0.15) is 27.2 Å². The summed E-state index contributed by atoms with van der Waals surface area (Å²) < 4.78 is 60.8. The Morgan fingerprint density at radius 3 is 1.45 bits per heavy atom. The average Bonchev–Trinajstić information content (AvgIpc) is 2.46. The second-order valence-corrected chi connectivity index (χ2v) is 9.47. The van der Waals surface area contributed by atoms with Crippen molar-refractivity contribution in [3.63, 3.8) is 0 Å². The Bertz CT molecular complexity index is 239. The molecule has 0 fully saturated rings. The van der Waals surface area contributed by atoms with Gasteiger partial charge in [-0.2, -0.15) is 13.2 Å². The maximum absolute atomic E-state index is 11.8. The summed E-state index contributed by atoms with van der Waals surface area (Å²) in [6.07, 6.45) is -4.96. The predicted molar refractivity (Wildman–Crippen MR) is 83.1 cm³/mol. The summed E-state index contributed by atoms with van der Waals surface area (Å²) in [5.74, 6) is 0. The van der Waals surface area contributed by atoms with Gasteiger partial charge in [0.15, 0.2) is 0 Å². The van der Waals surface area contributed by atoms with Crippen molar-refractivity contribution >= 4 is 18.1 Å². The molecule has 22 heavy (non-hydrogen) atoms. The zero-order valence-electron chi connectivity index (χ0n) is 14.3.